The number of aromatic nitrogens is 2. The fraction of sp³-hybridized carbons (Fsp3) is 0.286. The van der Waals surface area contributed by atoms with Crippen LogP contribution in [0.4, 0.5) is 5.69 Å². The highest BCUT2D eigenvalue weighted by atomic mass is 16.1. The average Bonchev–Trinajstić information content (AvgIpc) is 2.61. The first-order chi connectivity index (χ1) is 8.56. The maximum absolute atomic E-state index is 11.9. The van der Waals surface area contributed by atoms with Crippen LogP contribution in [0, 0.1) is 20.8 Å². The van der Waals surface area contributed by atoms with Gasteiger partial charge in [0.2, 0.25) is 5.91 Å². The van der Waals surface area contributed by atoms with Gasteiger partial charge in [0, 0.05) is 29.0 Å². The SMILES string of the molecule is Cc1cc(NC(=O)Cn2c(C)ccc2C)ccn1. The van der Waals surface area contributed by atoms with E-state index in [4.69, 9.17) is 0 Å². The highest BCUT2D eigenvalue weighted by molar-refractivity contribution is 5.90. The number of aryl methyl sites for hydroxylation is 3. The Morgan fingerprint density at radius 2 is 1.89 bits per heavy atom. The molecule has 1 amide bonds. The lowest BCUT2D eigenvalue weighted by Crippen LogP contribution is -2.20. The van der Waals surface area contributed by atoms with E-state index in [1.807, 2.05) is 43.5 Å². The number of carbonyl (C=O) groups excluding carboxylic acids is 1. The molecule has 0 atom stereocenters. The maximum Gasteiger partial charge on any atom is 0.244 e. The van der Waals surface area contributed by atoms with E-state index in [0.29, 0.717) is 6.54 Å². The Labute approximate surface area is 107 Å². The summed E-state index contributed by atoms with van der Waals surface area (Å²) in [6.45, 7) is 6.23. The van der Waals surface area contributed by atoms with E-state index in [2.05, 4.69) is 10.3 Å². The Morgan fingerprint density at radius 1 is 1.22 bits per heavy atom. The zero-order valence-corrected chi connectivity index (χ0v) is 10.9. The Morgan fingerprint density at radius 3 is 2.50 bits per heavy atom. The normalized spacial score (nSPS) is 10.4. The molecule has 4 heteroatoms. The molecule has 2 heterocycles. The van der Waals surface area contributed by atoms with Gasteiger partial charge in [-0.1, -0.05) is 0 Å². The topological polar surface area (TPSA) is 46.9 Å². The van der Waals surface area contributed by atoms with Crippen molar-refractivity contribution in [1.29, 1.82) is 0 Å². The van der Waals surface area contributed by atoms with E-state index in [1.165, 1.54) is 0 Å². The lowest BCUT2D eigenvalue weighted by atomic mass is 10.3. The van der Waals surface area contributed by atoms with Crippen molar-refractivity contribution < 1.29 is 4.79 Å². The molecule has 0 saturated carbocycles. The summed E-state index contributed by atoms with van der Waals surface area (Å²) < 4.78 is 1.99. The summed E-state index contributed by atoms with van der Waals surface area (Å²) in [7, 11) is 0. The van der Waals surface area contributed by atoms with Gasteiger partial charge in [0.05, 0.1) is 0 Å². The van der Waals surface area contributed by atoms with E-state index in [9.17, 15) is 4.79 Å². The number of hydrogen-bond acceptors (Lipinski definition) is 2. The summed E-state index contributed by atoms with van der Waals surface area (Å²) in [6.07, 6.45) is 1.69. The van der Waals surface area contributed by atoms with Crippen LogP contribution in [-0.4, -0.2) is 15.5 Å². The van der Waals surface area contributed by atoms with Crippen LogP contribution in [0.5, 0.6) is 0 Å². The molecule has 0 radical (unpaired) electrons. The number of nitrogens with zero attached hydrogens (tertiary/aromatic N) is 2. The smallest absolute Gasteiger partial charge is 0.244 e. The van der Waals surface area contributed by atoms with Crippen LogP contribution < -0.4 is 5.32 Å². The van der Waals surface area contributed by atoms with Gasteiger partial charge in [-0.2, -0.15) is 0 Å². The van der Waals surface area contributed by atoms with Crippen molar-refractivity contribution >= 4 is 11.6 Å². The van der Waals surface area contributed by atoms with Gasteiger partial charge in [-0.3, -0.25) is 9.78 Å². The number of amides is 1. The molecule has 0 saturated heterocycles. The van der Waals surface area contributed by atoms with E-state index in [-0.39, 0.29) is 5.91 Å². The van der Waals surface area contributed by atoms with Gasteiger partial charge >= 0.3 is 0 Å². The highest BCUT2D eigenvalue weighted by Crippen LogP contribution is 2.10. The van der Waals surface area contributed by atoms with Gasteiger partial charge in [0.1, 0.15) is 6.54 Å². The van der Waals surface area contributed by atoms with Gasteiger partial charge in [0.15, 0.2) is 0 Å². The van der Waals surface area contributed by atoms with E-state index in [1.54, 1.807) is 12.3 Å². The first-order valence-corrected chi connectivity index (χ1v) is 5.91. The van der Waals surface area contributed by atoms with Crippen LogP contribution in [-0.2, 0) is 11.3 Å². The minimum absolute atomic E-state index is 0.0250. The third kappa shape index (κ3) is 2.77. The molecule has 1 N–H and O–H groups in total. The second kappa shape index (κ2) is 5.04. The molecule has 0 aliphatic heterocycles. The molecule has 0 bridgehead atoms. The van der Waals surface area contributed by atoms with Gasteiger partial charge in [-0.25, -0.2) is 0 Å². The van der Waals surface area contributed by atoms with Crippen molar-refractivity contribution in [1.82, 2.24) is 9.55 Å². The largest absolute Gasteiger partial charge is 0.340 e. The lowest BCUT2D eigenvalue weighted by molar-refractivity contribution is -0.116. The van der Waals surface area contributed by atoms with Crippen LogP contribution in [0.25, 0.3) is 0 Å². The molecule has 0 fully saturated rings. The van der Waals surface area contributed by atoms with Crippen LogP contribution in [0.2, 0.25) is 0 Å². The minimum Gasteiger partial charge on any atom is -0.340 e. The molecule has 0 spiro atoms. The first kappa shape index (κ1) is 12.4. The van der Waals surface area contributed by atoms with Crippen molar-refractivity contribution in [2.24, 2.45) is 0 Å². The highest BCUT2D eigenvalue weighted by Gasteiger charge is 2.07. The number of hydrogen-bond donors (Lipinski definition) is 1. The molecule has 0 unspecified atom stereocenters. The minimum atomic E-state index is -0.0250. The maximum atomic E-state index is 11.9. The summed E-state index contributed by atoms with van der Waals surface area (Å²) in [5.74, 6) is -0.0250. The Bertz CT molecular complexity index is 553. The molecule has 18 heavy (non-hydrogen) atoms. The number of pyridine rings is 1. The third-order valence-electron chi connectivity index (χ3n) is 2.90. The fourth-order valence-electron chi connectivity index (χ4n) is 1.92. The van der Waals surface area contributed by atoms with Crippen LogP contribution >= 0.6 is 0 Å². The number of rotatable bonds is 3. The average molecular weight is 243 g/mol. The van der Waals surface area contributed by atoms with Crippen molar-refractivity contribution in [2.75, 3.05) is 5.32 Å². The summed E-state index contributed by atoms with van der Waals surface area (Å²) in [4.78, 5) is 16.0. The van der Waals surface area contributed by atoms with Crippen molar-refractivity contribution in [3.05, 3.63) is 47.5 Å². The summed E-state index contributed by atoms with van der Waals surface area (Å²) >= 11 is 0. The summed E-state index contributed by atoms with van der Waals surface area (Å²) in [5, 5.41) is 2.88. The summed E-state index contributed by atoms with van der Waals surface area (Å²) in [5.41, 5.74) is 3.86. The van der Waals surface area contributed by atoms with Gasteiger partial charge in [0.25, 0.3) is 0 Å². The molecule has 4 nitrogen and oxygen atoms in total. The van der Waals surface area contributed by atoms with Crippen LogP contribution in [0.3, 0.4) is 0 Å². The first-order valence-electron chi connectivity index (χ1n) is 5.91. The Kier molecular flexibility index (Phi) is 3.46. The Hall–Kier alpha value is -2.10. The predicted molar refractivity (Wildman–Crippen MR) is 71.5 cm³/mol. The summed E-state index contributed by atoms with van der Waals surface area (Å²) in [6, 6.07) is 7.67. The van der Waals surface area contributed by atoms with E-state index < -0.39 is 0 Å². The van der Waals surface area contributed by atoms with E-state index >= 15 is 0 Å². The molecule has 94 valence electrons. The number of carbonyl (C=O) groups is 1. The second-order valence-corrected chi connectivity index (χ2v) is 4.44. The third-order valence-corrected chi connectivity index (χ3v) is 2.90. The number of nitrogens with one attached hydrogen (secondary N) is 1. The van der Waals surface area contributed by atoms with Crippen molar-refractivity contribution in [3.8, 4) is 0 Å². The zero-order valence-electron chi connectivity index (χ0n) is 10.9. The van der Waals surface area contributed by atoms with Crippen molar-refractivity contribution in [2.45, 2.75) is 27.3 Å². The predicted octanol–water partition coefficient (Wildman–Crippen LogP) is 2.45. The Balaban J connectivity index is 2.06. The molecule has 2 aromatic heterocycles. The fourth-order valence-corrected chi connectivity index (χ4v) is 1.92. The zero-order chi connectivity index (χ0) is 13.1. The molecule has 0 aliphatic rings. The quantitative estimate of drug-likeness (QED) is 0.900. The van der Waals surface area contributed by atoms with Crippen LogP contribution in [0.1, 0.15) is 17.1 Å². The van der Waals surface area contributed by atoms with Gasteiger partial charge in [-0.15, -0.1) is 0 Å². The molecule has 2 aromatic rings. The molecular formula is C14H17N3O. The monoisotopic (exact) mass is 243 g/mol. The molecule has 0 aromatic carbocycles. The standard InChI is InChI=1S/C14H17N3O/c1-10-8-13(6-7-15-10)16-14(18)9-17-11(2)4-5-12(17)3/h4-8H,9H2,1-3H3,(H,15,16,18). The van der Waals surface area contributed by atoms with Gasteiger partial charge < -0.3 is 9.88 Å². The second-order valence-electron chi connectivity index (χ2n) is 4.44. The lowest BCUT2D eigenvalue weighted by Gasteiger charge is -2.10. The molecular weight excluding hydrogens is 226 g/mol. The number of anilines is 1. The van der Waals surface area contributed by atoms with E-state index in [0.717, 1.165) is 22.8 Å². The van der Waals surface area contributed by atoms with Crippen LogP contribution in [0.15, 0.2) is 30.5 Å². The van der Waals surface area contributed by atoms with Crippen molar-refractivity contribution in [3.63, 3.8) is 0 Å². The molecule has 0 aliphatic carbocycles. The molecule has 2 rings (SSSR count). The van der Waals surface area contributed by atoms with Gasteiger partial charge in [-0.05, 0) is 45.0 Å².